The Morgan fingerprint density at radius 1 is 0.654 bits per heavy atom. The molecule has 4 nitrogen and oxygen atoms in total. The number of hydrogen-bond donors (Lipinski definition) is 1. The van der Waals surface area contributed by atoms with Crippen LogP contribution in [0.3, 0.4) is 0 Å². The number of alkyl halides is 3. The fraction of sp³-hybridized carbons (Fsp3) is 0.0526. The monoisotopic (exact) mass is 362 g/mol. The molecule has 0 heterocycles. The lowest BCUT2D eigenvalue weighted by molar-refractivity contribution is -0.274. The molecule has 0 bridgehead atoms. The summed E-state index contributed by atoms with van der Waals surface area (Å²) in [5.74, 6) is 0.790. The summed E-state index contributed by atoms with van der Waals surface area (Å²) in [5, 5.41) is 9.74. The maximum Gasteiger partial charge on any atom is 0.573 e. The van der Waals surface area contributed by atoms with Crippen LogP contribution in [0.1, 0.15) is 0 Å². The first-order valence-corrected chi connectivity index (χ1v) is 7.49. The molecule has 0 radical (unpaired) electrons. The van der Waals surface area contributed by atoms with Crippen molar-refractivity contribution in [2.45, 2.75) is 6.36 Å². The number of phenolic OH excluding ortho intramolecular Hbond substituents is 1. The zero-order valence-electron chi connectivity index (χ0n) is 13.2. The van der Waals surface area contributed by atoms with E-state index in [0.717, 1.165) is 6.07 Å². The number of para-hydroxylation sites is 2. The molecule has 3 aromatic carbocycles. The van der Waals surface area contributed by atoms with Crippen molar-refractivity contribution in [3.05, 3.63) is 72.8 Å². The van der Waals surface area contributed by atoms with E-state index < -0.39 is 6.36 Å². The minimum atomic E-state index is -4.77. The second-order valence-electron chi connectivity index (χ2n) is 5.17. The molecule has 0 spiro atoms. The lowest BCUT2D eigenvalue weighted by Gasteiger charge is -2.12. The molecule has 3 rings (SSSR count). The molecule has 0 aliphatic heterocycles. The Labute approximate surface area is 147 Å². The molecule has 26 heavy (non-hydrogen) atoms. The van der Waals surface area contributed by atoms with Crippen LogP contribution in [-0.2, 0) is 0 Å². The summed E-state index contributed by atoms with van der Waals surface area (Å²) in [5.41, 5.74) is 0. The van der Waals surface area contributed by atoms with Crippen LogP contribution in [0.5, 0.6) is 34.5 Å². The number of benzene rings is 3. The van der Waals surface area contributed by atoms with Gasteiger partial charge >= 0.3 is 6.36 Å². The van der Waals surface area contributed by atoms with Crippen molar-refractivity contribution in [3.63, 3.8) is 0 Å². The third kappa shape index (κ3) is 4.83. The van der Waals surface area contributed by atoms with Gasteiger partial charge in [-0.25, -0.2) is 0 Å². The van der Waals surface area contributed by atoms with Crippen molar-refractivity contribution in [1.82, 2.24) is 0 Å². The highest BCUT2D eigenvalue weighted by Crippen LogP contribution is 2.33. The number of phenols is 1. The van der Waals surface area contributed by atoms with Crippen LogP contribution in [-0.4, -0.2) is 11.5 Å². The van der Waals surface area contributed by atoms with Crippen LogP contribution in [0.25, 0.3) is 0 Å². The smallest absolute Gasteiger partial charge is 0.504 e. The van der Waals surface area contributed by atoms with Crippen LogP contribution in [0.4, 0.5) is 13.2 Å². The topological polar surface area (TPSA) is 47.9 Å². The molecule has 0 aliphatic carbocycles. The number of halogens is 3. The van der Waals surface area contributed by atoms with Crippen LogP contribution >= 0.6 is 0 Å². The lowest BCUT2D eigenvalue weighted by Crippen LogP contribution is -2.16. The zero-order chi connectivity index (χ0) is 18.6. The molecule has 3 aromatic rings. The standard InChI is InChI=1S/C19H13F3O4/c20-19(21,22)26-16-8-4-6-14(12-16)24-13-5-3-7-15(11-13)25-18-10-2-1-9-17(18)23/h1-12,23H. The van der Waals surface area contributed by atoms with Crippen molar-refractivity contribution in [2.75, 3.05) is 0 Å². The van der Waals surface area contributed by atoms with E-state index in [-0.39, 0.29) is 23.0 Å². The van der Waals surface area contributed by atoms with Crippen LogP contribution in [0.15, 0.2) is 72.8 Å². The van der Waals surface area contributed by atoms with Gasteiger partial charge in [-0.05, 0) is 36.4 Å². The lowest BCUT2D eigenvalue weighted by atomic mass is 10.3. The Morgan fingerprint density at radius 3 is 1.81 bits per heavy atom. The Bertz CT molecular complexity index is 894. The van der Waals surface area contributed by atoms with Gasteiger partial charge in [0.15, 0.2) is 11.5 Å². The molecular weight excluding hydrogens is 349 g/mol. The summed E-state index contributed by atoms with van der Waals surface area (Å²) in [6.45, 7) is 0. The van der Waals surface area contributed by atoms with Gasteiger partial charge in [-0.3, -0.25) is 0 Å². The molecule has 0 fully saturated rings. The predicted molar refractivity (Wildman–Crippen MR) is 87.8 cm³/mol. The van der Waals surface area contributed by atoms with E-state index in [9.17, 15) is 18.3 Å². The van der Waals surface area contributed by atoms with Gasteiger partial charge in [0.2, 0.25) is 0 Å². The SMILES string of the molecule is Oc1ccccc1Oc1cccc(Oc2cccc(OC(F)(F)F)c2)c1. The van der Waals surface area contributed by atoms with Crippen molar-refractivity contribution < 1.29 is 32.5 Å². The minimum absolute atomic E-state index is 0.0178. The maximum absolute atomic E-state index is 12.3. The minimum Gasteiger partial charge on any atom is -0.504 e. The first kappa shape index (κ1) is 17.5. The summed E-state index contributed by atoms with van der Waals surface area (Å²) in [6, 6.07) is 18.1. The Morgan fingerprint density at radius 2 is 1.19 bits per heavy atom. The molecule has 0 unspecified atom stereocenters. The second kappa shape index (κ2) is 7.26. The van der Waals surface area contributed by atoms with Crippen LogP contribution in [0.2, 0.25) is 0 Å². The molecule has 0 aromatic heterocycles. The molecule has 134 valence electrons. The highest BCUT2D eigenvalue weighted by Gasteiger charge is 2.31. The highest BCUT2D eigenvalue weighted by molar-refractivity contribution is 5.44. The van der Waals surface area contributed by atoms with E-state index >= 15 is 0 Å². The second-order valence-corrected chi connectivity index (χ2v) is 5.17. The van der Waals surface area contributed by atoms with E-state index in [1.165, 1.54) is 24.3 Å². The van der Waals surface area contributed by atoms with Gasteiger partial charge in [0, 0.05) is 12.1 Å². The van der Waals surface area contributed by atoms with Crippen LogP contribution in [0, 0.1) is 0 Å². The maximum atomic E-state index is 12.3. The summed E-state index contributed by atoms with van der Waals surface area (Å²) < 4.78 is 51.9. The van der Waals surface area contributed by atoms with E-state index in [0.29, 0.717) is 11.5 Å². The van der Waals surface area contributed by atoms with Crippen molar-refractivity contribution >= 4 is 0 Å². The Kier molecular flexibility index (Phi) is 4.88. The summed E-state index contributed by atoms with van der Waals surface area (Å²) in [4.78, 5) is 0. The fourth-order valence-electron chi connectivity index (χ4n) is 2.14. The number of aromatic hydroxyl groups is 1. The number of hydrogen-bond acceptors (Lipinski definition) is 4. The van der Waals surface area contributed by atoms with Gasteiger partial charge in [-0.15, -0.1) is 13.2 Å². The summed E-state index contributed by atoms with van der Waals surface area (Å²) >= 11 is 0. The normalized spacial score (nSPS) is 11.0. The largest absolute Gasteiger partial charge is 0.573 e. The molecule has 1 N–H and O–H groups in total. The van der Waals surface area contributed by atoms with Crippen molar-refractivity contribution in [2.24, 2.45) is 0 Å². The third-order valence-electron chi connectivity index (χ3n) is 3.17. The average molecular weight is 362 g/mol. The summed E-state index contributed by atoms with van der Waals surface area (Å²) in [6.07, 6.45) is -4.77. The Balaban J connectivity index is 1.75. The molecule has 0 saturated heterocycles. The average Bonchev–Trinajstić information content (AvgIpc) is 2.56. The van der Waals surface area contributed by atoms with E-state index in [1.807, 2.05) is 0 Å². The molecule has 0 amide bonds. The first-order valence-electron chi connectivity index (χ1n) is 7.49. The summed E-state index contributed by atoms with van der Waals surface area (Å²) in [7, 11) is 0. The van der Waals surface area contributed by atoms with Crippen molar-refractivity contribution in [3.8, 4) is 34.5 Å². The van der Waals surface area contributed by atoms with Gasteiger partial charge in [0.1, 0.15) is 23.0 Å². The zero-order valence-corrected chi connectivity index (χ0v) is 13.2. The molecule has 0 atom stereocenters. The van der Waals surface area contributed by atoms with E-state index in [4.69, 9.17) is 9.47 Å². The molecule has 7 heteroatoms. The van der Waals surface area contributed by atoms with E-state index in [2.05, 4.69) is 4.74 Å². The molecular formula is C19H13F3O4. The van der Waals surface area contributed by atoms with Gasteiger partial charge in [0.05, 0.1) is 0 Å². The van der Waals surface area contributed by atoms with Gasteiger partial charge < -0.3 is 19.3 Å². The highest BCUT2D eigenvalue weighted by atomic mass is 19.4. The van der Waals surface area contributed by atoms with E-state index in [1.54, 1.807) is 42.5 Å². The number of ether oxygens (including phenoxy) is 3. The van der Waals surface area contributed by atoms with Crippen molar-refractivity contribution in [1.29, 1.82) is 0 Å². The third-order valence-corrected chi connectivity index (χ3v) is 3.17. The first-order chi connectivity index (χ1) is 12.4. The van der Waals surface area contributed by atoms with Gasteiger partial charge in [0.25, 0.3) is 0 Å². The fourth-order valence-corrected chi connectivity index (χ4v) is 2.14. The Hall–Kier alpha value is -3.35. The number of rotatable bonds is 5. The quantitative estimate of drug-likeness (QED) is 0.616. The van der Waals surface area contributed by atoms with Gasteiger partial charge in [-0.2, -0.15) is 0 Å². The van der Waals surface area contributed by atoms with Crippen LogP contribution < -0.4 is 14.2 Å². The predicted octanol–water partition coefficient (Wildman–Crippen LogP) is 5.88. The van der Waals surface area contributed by atoms with Gasteiger partial charge in [-0.1, -0.05) is 24.3 Å². The molecule has 0 aliphatic rings. The molecule has 0 saturated carbocycles.